The Labute approximate surface area is 177 Å². The maximum absolute atomic E-state index is 5.96. The van der Waals surface area contributed by atoms with E-state index < -0.39 is 0 Å². The molecule has 2 aromatic heterocycles. The molecule has 29 heavy (non-hydrogen) atoms. The van der Waals surface area contributed by atoms with Crippen LogP contribution in [0.5, 0.6) is 0 Å². The number of nitrogens with zero attached hydrogens (tertiary/aromatic N) is 4. The number of likely N-dealkylation sites (N-methyl/N-ethyl adjacent to an activating group) is 1. The zero-order valence-electron chi connectivity index (χ0n) is 17.5. The topological polar surface area (TPSA) is 50.7 Å². The molecule has 5 rings (SSSR count). The molecule has 2 saturated heterocycles. The maximum Gasteiger partial charge on any atom is 0.146 e. The highest BCUT2D eigenvalue weighted by Crippen LogP contribution is 2.40. The number of aromatic nitrogens is 2. The molecule has 6 nitrogen and oxygen atoms in total. The molecule has 1 aliphatic carbocycles. The molecule has 158 valence electrons. The zero-order chi connectivity index (χ0) is 19.6. The van der Waals surface area contributed by atoms with E-state index in [9.17, 15) is 0 Å². The van der Waals surface area contributed by atoms with Crippen molar-refractivity contribution in [1.82, 2.24) is 14.9 Å². The van der Waals surface area contributed by atoms with Crippen LogP contribution in [0.2, 0.25) is 0 Å². The van der Waals surface area contributed by atoms with Crippen LogP contribution >= 0.6 is 11.3 Å². The molecule has 0 radical (unpaired) electrons. The van der Waals surface area contributed by atoms with E-state index in [1.807, 2.05) is 11.3 Å². The minimum absolute atomic E-state index is 0.331. The summed E-state index contributed by atoms with van der Waals surface area (Å²) in [5, 5.41) is 1.33. The van der Waals surface area contributed by atoms with E-state index in [0.717, 1.165) is 70.6 Å². The second kappa shape index (κ2) is 8.84. The SMILES string of the molecule is CCN(CC1CCCO1)c1nc(CN2CCOCC2)nc2sc3c(c12)CCCC3. The van der Waals surface area contributed by atoms with Crippen LogP contribution in [-0.2, 0) is 28.9 Å². The van der Waals surface area contributed by atoms with Crippen LogP contribution in [0.15, 0.2) is 0 Å². The van der Waals surface area contributed by atoms with Gasteiger partial charge in [0.05, 0.1) is 31.2 Å². The van der Waals surface area contributed by atoms with Gasteiger partial charge in [-0.15, -0.1) is 11.3 Å². The second-order valence-electron chi connectivity index (χ2n) is 8.42. The van der Waals surface area contributed by atoms with E-state index >= 15 is 0 Å². The first kappa shape index (κ1) is 19.7. The molecule has 0 spiro atoms. The third-order valence-corrected chi connectivity index (χ3v) is 7.63. The van der Waals surface area contributed by atoms with Crippen LogP contribution in [-0.4, -0.2) is 67.0 Å². The molecular weight excluding hydrogens is 384 g/mol. The molecule has 0 aromatic carbocycles. The number of hydrogen-bond donors (Lipinski definition) is 0. The van der Waals surface area contributed by atoms with Gasteiger partial charge < -0.3 is 14.4 Å². The minimum atomic E-state index is 0.331. The van der Waals surface area contributed by atoms with Crippen molar-refractivity contribution < 1.29 is 9.47 Å². The average Bonchev–Trinajstić information content (AvgIpc) is 3.39. The first-order chi connectivity index (χ1) is 14.3. The fraction of sp³-hybridized carbons (Fsp3) is 0.727. The van der Waals surface area contributed by atoms with E-state index in [1.165, 1.54) is 47.9 Å². The Bertz CT molecular complexity index is 843. The van der Waals surface area contributed by atoms with Gasteiger partial charge in [-0.1, -0.05) is 0 Å². The van der Waals surface area contributed by atoms with Crippen LogP contribution < -0.4 is 4.90 Å². The normalized spacial score (nSPS) is 22.9. The number of thiophene rings is 1. The first-order valence-electron chi connectivity index (χ1n) is 11.3. The molecule has 0 amide bonds. The van der Waals surface area contributed by atoms with Crippen molar-refractivity contribution in [3.05, 3.63) is 16.3 Å². The lowest BCUT2D eigenvalue weighted by atomic mass is 9.97. The molecule has 2 fully saturated rings. The summed E-state index contributed by atoms with van der Waals surface area (Å²) < 4.78 is 11.5. The summed E-state index contributed by atoms with van der Waals surface area (Å²) in [6, 6.07) is 0. The van der Waals surface area contributed by atoms with E-state index in [-0.39, 0.29) is 0 Å². The Balaban J connectivity index is 1.53. The van der Waals surface area contributed by atoms with Crippen LogP contribution in [0.3, 0.4) is 0 Å². The molecule has 0 bridgehead atoms. The highest BCUT2D eigenvalue weighted by molar-refractivity contribution is 7.19. The third-order valence-electron chi connectivity index (χ3n) is 6.44. The number of morpholine rings is 1. The summed E-state index contributed by atoms with van der Waals surface area (Å²) in [5.41, 5.74) is 1.52. The minimum Gasteiger partial charge on any atom is -0.379 e. The monoisotopic (exact) mass is 416 g/mol. The number of rotatable bonds is 6. The Morgan fingerprint density at radius 3 is 2.76 bits per heavy atom. The summed E-state index contributed by atoms with van der Waals surface area (Å²) >= 11 is 1.91. The molecule has 2 aliphatic heterocycles. The largest absolute Gasteiger partial charge is 0.379 e. The Morgan fingerprint density at radius 2 is 1.97 bits per heavy atom. The third kappa shape index (κ3) is 4.15. The summed E-state index contributed by atoms with van der Waals surface area (Å²) in [5.74, 6) is 2.11. The molecule has 2 aromatic rings. The van der Waals surface area contributed by atoms with Crippen molar-refractivity contribution in [3.8, 4) is 0 Å². The summed E-state index contributed by atoms with van der Waals surface area (Å²) in [7, 11) is 0. The van der Waals surface area contributed by atoms with Gasteiger partial charge in [-0.3, -0.25) is 4.90 Å². The molecule has 4 heterocycles. The number of anilines is 1. The molecular formula is C22H32N4O2S. The van der Waals surface area contributed by atoms with Gasteiger partial charge in [-0.2, -0.15) is 0 Å². The van der Waals surface area contributed by atoms with Crippen molar-refractivity contribution in [2.75, 3.05) is 50.9 Å². The van der Waals surface area contributed by atoms with Crippen LogP contribution in [0.1, 0.15) is 48.9 Å². The molecule has 1 atom stereocenters. The highest BCUT2D eigenvalue weighted by atomic mass is 32.1. The number of hydrogen-bond acceptors (Lipinski definition) is 7. The van der Waals surface area contributed by atoms with E-state index in [0.29, 0.717) is 6.10 Å². The van der Waals surface area contributed by atoms with Gasteiger partial charge in [0.2, 0.25) is 0 Å². The van der Waals surface area contributed by atoms with Gasteiger partial charge >= 0.3 is 0 Å². The van der Waals surface area contributed by atoms with Gasteiger partial charge in [0, 0.05) is 37.7 Å². The number of aryl methyl sites for hydroxylation is 2. The summed E-state index contributed by atoms with van der Waals surface area (Å²) in [6.07, 6.45) is 7.63. The maximum atomic E-state index is 5.96. The smallest absolute Gasteiger partial charge is 0.146 e. The van der Waals surface area contributed by atoms with E-state index in [1.54, 1.807) is 4.88 Å². The Hall–Kier alpha value is -1.28. The predicted octanol–water partition coefficient (Wildman–Crippen LogP) is 3.41. The van der Waals surface area contributed by atoms with Gasteiger partial charge in [-0.25, -0.2) is 9.97 Å². The molecule has 0 N–H and O–H groups in total. The fourth-order valence-corrected chi connectivity index (χ4v) is 6.11. The fourth-order valence-electron chi connectivity index (χ4n) is 4.84. The van der Waals surface area contributed by atoms with Gasteiger partial charge in [0.15, 0.2) is 0 Å². The van der Waals surface area contributed by atoms with Crippen molar-refractivity contribution in [3.63, 3.8) is 0 Å². The summed E-state index contributed by atoms with van der Waals surface area (Å²) in [6.45, 7) is 9.38. The quantitative estimate of drug-likeness (QED) is 0.719. The van der Waals surface area contributed by atoms with Crippen molar-refractivity contribution in [2.24, 2.45) is 0 Å². The lowest BCUT2D eigenvalue weighted by Crippen LogP contribution is -2.36. The van der Waals surface area contributed by atoms with Crippen LogP contribution in [0, 0.1) is 0 Å². The van der Waals surface area contributed by atoms with Crippen molar-refractivity contribution in [2.45, 2.75) is 58.1 Å². The number of fused-ring (bicyclic) bond motifs is 3. The standard InChI is InChI=1S/C22H32N4O2S/c1-2-26(14-16-6-5-11-28-16)21-20-17-7-3-4-8-18(17)29-22(20)24-19(23-21)15-25-9-12-27-13-10-25/h16H,2-15H2,1H3. The Kier molecular flexibility index (Phi) is 5.99. The van der Waals surface area contributed by atoms with Gasteiger partial charge in [-0.05, 0) is 51.0 Å². The first-order valence-corrected chi connectivity index (χ1v) is 12.1. The zero-order valence-corrected chi connectivity index (χ0v) is 18.3. The Morgan fingerprint density at radius 1 is 1.10 bits per heavy atom. The lowest BCUT2D eigenvalue weighted by Gasteiger charge is -2.28. The molecule has 3 aliphatic rings. The van der Waals surface area contributed by atoms with Crippen LogP contribution in [0.25, 0.3) is 10.2 Å². The van der Waals surface area contributed by atoms with Gasteiger partial charge in [0.1, 0.15) is 16.5 Å². The van der Waals surface area contributed by atoms with E-state index in [2.05, 4.69) is 16.7 Å². The molecule has 0 saturated carbocycles. The highest BCUT2D eigenvalue weighted by Gasteiger charge is 2.26. The van der Waals surface area contributed by atoms with E-state index in [4.69, 9.17) is 19.4 Å². The van der Waals surface area contributed by atoms with Crippen molar-refractivity contribution in [1.29, 1.82) is 0 Å². The van der Waals surface area contributed by atoms with Gasteiger partial charge in [0.25, 0.3) is 0 Å². The summed E-state index contributed by atoms with van der Waals surface area (Å²) in [4.78, 5) is 17.8. The lowest BCUT2D eigenvalue weighted by molar-refractivity contribution is 0.0331. The number of ether oxygens (including phenoxy) is 2. The second-order valence-corrected chi connectivity index (χ2v) is 9.50. The molecule has 1 unspecified atom stereocenters. The van der Waals surface area contributed by atoms with Crippen LogP contribution in [0.4, 0.5) is 5.82 Å². The van der Waals surface area contributed by atoms with Crippen molar-refractivity contribution >= 4 is 27.4 Å². The predicted molar refractivity (Wildman–Crippen MR) is 117 cm³/mol. The average molecular weight is 417 g/mol. The molecule has 7 heteroatoms.